The molecular formula is C16H20BrFN2S. The maximum atomic E-state index is 14.3. The average molecular weight is 371 g/mol. The zero-order valence-electron chi connectivity index (χ0n) is 12.2. The summed E-state index contributed by atoms with van der Waals surface area (Å²) in [6.45, 7) is 2.01. The van der Waals surface area contributed by atoms with Crippen molar-refractivity contribution < 1.29 is 4.39 Å². The second-order valence-corrected chi connectivity index (χ2v) is 8.77. The number of rotatable bonds is 1. The van der Waals surface area contributed by atoms with Gasteiger partial charge >= 0.3 is 0 Å². The van der Waals surface area contributed by atoms with Crippen LogP contribution in [-0.2, 0) is 5.54 Å². The van der Waals surface area contributed by atoms with Crippen LogP contribution in [0.15, 0.2) is 27.7 Å². The van der Waals surface area contributed by atoms with Gasteiger partial charge in [-0.15, -0.1) is 0 Å². The second-order valence-electron chi connectivity index (χ2n) is 6.37. The molecular weight excluding hydrogens is 351 g/mol. The first-order valence-electron chi connectivity index (χ1n) is 7.42. The molecule has 1 fully saturated rings. The summed E-state index contributed by atoms with van der Waals surface area (Å²) in [5, 5.41) is 0.602. The van der Waals surface area contributed by atoms with Gasteiger partial charge < -0.3 is 5.73 Å². The number of nitrogens with zero attached hydrogens (tertiary/aromatic N) is 1. The summed E-state index contributed by atoms with van der Waals surface area (Å²) in [7, 11) is 0. The van der Waals surface area contributed by atoms with E-state index in [-0.39, 0.29) is 10.6 Å². The van der Waals surface area contributed by atoms with Crippen molar-refractivity contribution in [1.29, 1.82) is 0 Å². The van der Waals surface area contributed by atoms with E-state index in [1.54, 1.807) is 17.8 Å². The molecule has 1 atom stereocenters. The molecule has 0 aromatic heterocycles. The van der Waals surface area contributed by atoms with Crippen LogP contribution in [0.5, 0.6) is 0 Å². The van der Waals surface area contributed by atoms with E-state index < -0.39 is 5.54 Å². The highest BCUT2D eigenvalue weighted by Crippen LogP contribution is 2.52. The third-order valence-corrected chi connectivity index (χ3v) is 6.40. The number of hydrogen-bond donors (Lipinski definition) is 1. The first kappa shape index (κ1) is 15.3. The molecule has 1 saturated carbocycles. The molecule has 3 rings (SSSR count). The largest absolute Gasteiger partial charge is 0.378 e. The molecule has 114 valence electrons. The molecule has 0 saturated heterocycles. The minimum atomic E-state index is -0.569. The van der Waals surface area contributed by atoms with E-state index in [1.807, 2.05) is 13.0 Å². The van der Waals surface area contributed by atoms with Gasteiger partial charge in [-0.05, 0) is 44.4 Å². The lowest BCUT2D eigenvalue weighted by Crippen LogP contribution is -2.43. The summed E-state index contributed by atoms with van der Waals surface area (Å²) in [6, 6.07) is 5.08. The van der Waals surface area contributed by atoms with Gasteiger partial charge in [0.15, 0.2) is 5.17 Å². The Balaban J connectivity index is 2.03. The van der Waals surface area contributed by atoms with Crippen LogP contribution < -0.4 is 5.73 Å². The van der Waals surface area contributed by atoms with E-state index in [0.717, 1.165) is 23.7 Å². The number of benzene rings is 1. The topological polar surface area (TPSA) is 38.4 Å². The Labute approximate surface area is 137 Å². The quantitative estimate of drug-likeness (QED) is 0.758. The fraction of sp³-hybridized carbons (Fsp3) is 0.562. The lowest BCUT2D eigenvalue weighted by Gasteiger charge is -2.45. The molecule has 2 nitrogen and oxygen atoms in total. The van der Waals surface area contributed by atoms with E-state index in [9.17, 15) is 4.39 Å². The lowest BCUT2D eigenvalue weighted by molar-refractivity contribution is 0.297. The van der Waals surface area contributed by atoms with E-state index in [0.29, 0.717) is 10.7 Å². The number of halogens is 2. The summed E-state index contributed by atoms with van der Waals surface area (Å²) < 4.78 is 15.4. The molecule has 21 heavy (non-hydrogen) atoms. The molecule has 1 aliphatic heterocycles. The minimum absolute atomic E-state index is 0.133. The number of hydrogen-bond acceptors (Lipinski definition) is 3. The summed E-state index contributed by atoms with van der Waals surface area (Å²) in [5.74, 6) is -0.199. The van der Waals surface area contributed by atoms with Crippen LogP contribution >= 0.6 is 27.7 Å². The van der Waals surface area contributed by atoms with E-state index in [4.69, 9.17) is 5.73 Å². The molecule has 0 radical (unpaired) electrons. The van der Waals surface area contributed by atoms with Gasteiger partial charge in [0.05, 0.1) is 5.54 Å². The fourth-order valence-electron chi connectivity index (χ4n) is 3.73. The van der Waals surface area contributed by atoms with Crippen molar-refractivity contribution in [2.24, 2.45) is 10.7 Å². The van der Waals surface area contributed by atoms with Gasteiger partial charge in [-0.3, -0.25) is 4.99 Å². The van der Waals surface area contributed by atoms with Crippen molar-refractivity contribution in [3.05, 3.63) is 34.1 Å². The first-order valence-corrected chi connectivity index (χ1v) is 9.03. The smallest absolute Gasteiger partial charge is 0.155 e. The zero-order valence-corrected chi connectivity index (χ0v) is 14.6. The van der Waals surface area contributed by atoms with Gasteiger partial charge in [0.2, 0.25) is 0 Å². The monoisotopic (exact) mass is 370 g/mol. The third-order valence-electron chi connectivity index (χ3n) is 4.62. The van der Waals surface area contributed by atoms with Crippen molar-refractivity contribution in [1.82, 2.24) is 0 Å². The fourth-order valence-corrected chi connectivity index (χ4v) is 5.63. The second kappa shape index (κ2) is 5.58. The SMILES string of the molecule is CC1(c2cc(Br)ccc2F)CC2(CCCCC2)SC(N)=N1. The predicted molar refractivity (Wildman–Crippen MR) is 91.1 cm³/mol. The van der Waals surface area contributed by atoms with Gasteiger partial charge in [-0.25, -0.2) is 4.39 Å². The molecule has 1 heterocycles. The van der Waals surface area contributed by atoms with Crippen LogP contribution in [0, 0.1) is 5.82 Å². The van der Waals surface area contributed by atoms with Crippen molar-refractivity contribution in [3.63, 3.8) is 0 Å². The van der Waals surface area contributed by atoms with Crippen LogP contribution in [0.4, 0.5) is 4.39 Å². The average Bonchev–Trinajstić information content (AvgIpc) is 2.41. The van der Waals surface area contributed by atoms with Gasteiger partial charge in [0, 0.05) is 14.8 Å². The van der Waals surface area contributed by atoms with Crippen molar-refractivity contribution in [2.75, 3.05) is 0 Å². The Bertz CT molecular complexity index is 584. The number of nitrogens with two attached hydrogens (primary N) is 1. The summed E-state index contributed by atoms with van der Waals surface area (Å²) in [6.07, 6.45) is 6.92. The van der Waals surface area contributed by atoms with Crippen LogP contribution in [-0.4, -0.2) is 9.91 Å². The Morgan fingerprint density at radius 3 is 2.71 bits per heavy atom. The normalized spacial score (nSPS) is 28.4. The zero-order chi connectivity index (χ0) is 15.1. The highest BCUT2D eigenvalue weighted by molar-refractivity contribution is 9.10. The standard InChI is InChI=1S/C16H20BrFN2S/c1-15(12-9-11(17)5-6-13(12)18)10-16(21-14(19)20-15)7-3-2-4-8-16/h5-6,9H,2-4,7-8,10H2,1H3,(H2,19,20). The van der Waals surface area contributed by atoms with E-state index in [2.05, 4.69) is 20.9 Å². The summed E-state index contributed by atoms with van der Waals surface area (Å²) >= 11 is 5.15. The van der Waals surface area contributed by atoms with Crippen LogP contribution in [0.25, 0.3) is 0 Å². The molecule has 5 heteroatoms. The Kier molecular flexibility index (Phi) is 4.08. The summed E-state index contributed by atoms with van der Waals surface area (Å²) in [4.78, 5) is 4.63. The maximum absolute atomic E-state index is 14.3. The molecule has 1 aromatic rings. The van der Waals surface area contributed by atoms with E-state index in [1.165, 1.54) is 25.3 Å². The highest BCUT2D eigenvalue weighted by Gasteiger charge is 2.46. The first-order chi connectivity index (χ1) is 9.92. The molecule has 0 amide bonds. The maximum Gasteiger partial charge on any atom is 0.155 e. The van der Waals surface area contributed by atoms with Gasteiger partial charge in [-0.1, -0.05) is 47.0 Å². The summed E-state index contributed by atoms with van der Waals surface area (Å²) in [5.41, 5.74) is 6.19. The van der Waals surface area contributed by atoms with Crippen LogP contribution in [0.1, 0.15) is 51.0 Å². The lowest BCUT2D eigenvalue weighted by atomic mass is 9.76. The van der Waals surface area contributed by atoms with Gasteiger partial charge in [0.1, 0.15) is 5.82 Å². The molecule has 1 aliphatic carbocycles. The number of thioether (sulfide) groups is 1. The molecule has 1 aromatic carbocycles. The minimum Gasteiger partial charge on any atom is -0.378 e. The Morgan fingerprint density at radius 2 is 2.00 bits per heavy atom. The predicted octanol–water partition coefficient (Wildman–Crippen LogP) is 4.96. The van der Waals surface area contributed by atoms with Crippen LogP contribution in [0.2, 0.25) is 0 Å². The van der Waals surface area contributed by atoms with Crippen molar-refractivity contribution in [3.8, 4) is 0 Å². The van der Waals surface area contributed by atoms with Gasteiger partial charge in [-0.2, -0.15) is 0 Å². The van der Waals surface area contributed by atoms with Crippen LogP contribution in [0.3, 0.4) is 0 Å². The Hall–Kier alpha value is -0.550. The molecule has 2 aliphatic rings. The van der Waals surface area contributed by atoms with Crippen molar-refractivity contribution >= 4 is 32.9 Å². The molecule has 1 spiro atoms. The van der Waals surface area contributed by atoms with Gasteiger partial charge in [0.25, 0.3) is 0 Å². The van der Waals surface area contributed by atoms with Crippen molar-refractivity contribution in [2.45, 2.75) is 55.7 Å². The Morgan fingerprint density at radius 1 is 1.29 bits per heavy atom. The number of amidine groups is 1. The number of aliphatic imine (C=N–C) groups is 1. The third kappa shape index (κ3) is 3.00. The molecule has 1 unspecified atom stereocenters. The van der Waals surface area contributed by atoms with E-state index >= 15 is 0 Å². The molecule has 0 bridgehead atoms. The highest BCUT2D eigenvalue weighted by atomic mass is 79.9. The molecule has 2 N–H and O–H groups in total.